The zero-order valence-electron chi connectivity index (χ0n) is 9.93. The van der Waals surface area contributed by atoms with E-state index in [1.807, 2.05) is 0 Å². The van der Waals surface area contributed by atoms with Crippen LogP contribution in [0.1, 0.15) is 5.56 Å². The van der Waals surface area contributed by atoms with Crippen LogP contribution in [0.5, 0.6) is 0 Å². The Morgan fingerprint density at radius 3 is 2.30 bits per heavy atom. The minimum absolute atomic E-state index is 0.283. The van der Waals surface area contributed by atoms with E-state index in [1.54, 1.807) is 18.2 Å². The molecular weight excluding hydrogens is 340 g/mol. The van der Waals surface area contributed by atoms with Gasteiger partial charge in [-0.2, -0.15) is 13.2 Å². The highest BCUT2D eigenvalue weighted by Gasteiger charge is 2.31. The maximum atomic E-state index is 13.6. The van der Waals surface area contributed by atoms with E-state index in [0.29, 0.717) is 22.3 Å². The predicted octanol–water partition coefficient (Wildman–Crippen LogP) is 4.93. The second-order valence-corrected chi connectivity index (χ2v) is 4.96. The van der Waals surface area contributed by atoms with Crippen LogP contribution in [0.2, 0.25) is 0 Å². The van der Waals surface area contributed by atoms with Crippen LogP contribution in [0.25, 0.3) is 0 Å². The molecule has 0 heterocycles. The van der Waals surface area contributed by atoms with Gasteiger partial charge in [0, 0.05) is 4.47 Å². The van der Waals surface area contributed by atoms with Crippen LogP contribution < -0.4 is 11.1 Å². The lowest BCUT2D eigenvalue weighted by Gasteiger charge is -2.13. The van der Waals surface area contributed by atoms with E-state index in [-0.39, 0.29) is 11.4 Å². The fraction of sp³-hybridized carbons (Fsp3) is 0.0769. The van der Waals surface area contributed by atoms with Gasteiger partial charge in [0.1, 0.15) is 5.82 Å². The van der Waals surface area contributed by atoms with Crippen LogP contribution in [0.15, 0.2) is 40.9 Å². The number of alkyl halides is 3. The topological polar surface area (TPSA) is 38.0 Å². The van der Waals surface area contributed by atoms with Crippen molar-refractivity contribution in [2.75, 3.05) is 11.1 Å². The minimum Gasteiger partial charge on any atom is -0.397 e. The molecule has 0 aromatic heterocycles. The summed E-state index contributed by atoms with van der Waals surface area (Å²) in [5, 5.41) is 2.56. The number of nitrogens with two attached hydrogens (primary N) is 1. The van der Waals surface area contributed by atoms with Crippen molar-refractivity contribution in [3.63, 3.8) is 0 Å². The second-order valence-electron chi connectivity index (χ2n) is 4.05. The standard InChI is InChI=1S/C13H9BrF4N2/c14-8-2-4-11(10(19)6-8)20-12-5-7(13(16,17)18)1-3-9(12)15/h1-6,20H,19H2. The largest absolute Gasteiger partial charge is 0.416 e. The van der Waals surface area contributed by atoms with Crippen molar-refractivity contribution in [1.29, 1.82) is 0 Å². The SMILES string of the molecule is Nc1cc(Br)ccc1Nc1cc(C(F)(F)F)ccc1F. The van der Waals surface area contributed by atoms with E-state index in [4.69, 9.17) is 5.73 Å². The highest BCUT2D eigenvalue weighted by Crippen LogP contribution is 2.34. The molecule has 0 aliphatic rings. The molecule has 0 spiro atoms. The van der Waals surface area contributed by atoms with Gasteiger partial charge < -0.3 is 11.1 Å². The smallest absolute Gasteiger partial charge is 0.397 e. The highest BCUT2D eigenvalue weighted by molar-refractivity contribution is 9.10. The summed E-state index contributed by atoms with van der Waals surface area (Å²) in [7, 11) is 0. The molecule has 0 fully saturated rings. The fourth-order valence-corrected chi connectivity index (χ4v) is 1.97. The van der Waals surface area contributed by atoms with E-state index >= 15 is 0 Å². The Bertz CT molecular complexity index is 641. The number of rotatable bonds is 2. The number of hydrogen-bond acceptors (Lipinski definition) is 2. The van der Waals surface area contributed by atoms with Crippen molar-refractivity contribution < 1.29 is 17.6 Å². The highest BCUT2D eigenvalue weighted by atomic mass is 79.9. The van der Waals surface area contributed by atoms with Gasteiger partial charge in [-0.1, -0.05) is 15.9 Å². The summed E-state index contributed by atoms with van der Waals surface area (Å²) in [5.74, 6) is -0.791. The number of nitrogen functional groups attached to an aromatic ring is 1. The summed E-state index contributed by atoms with van der Waals surface area (Å²) >= 11 is 3.20. The quantitative estimate of drug-likeness (QED) is 0.596. The van der Waals surface area contributed by atoms with Crippen molar-refractivity contribution in [3.05, 3.63) is 52.3 Å². The van der Waals surface area contributed by atoms with E-state index < -0.39 is 17.6 Å². The maximum Gasteiger partial charge on any atom is 0.416 e. The van der Waals surface area contributed by atoms with Crippen LogP contribution in [-0.2, 0) is 6.18 Å². The summed E-state index contributed by atoms with van der Waals surface area (Å²) in [4.78, 5) is 0. The number of nitrogens with one attached hydrogen (secondary N) is 1. The number of anilines is 3. The maximum absolute atomic E-state index is 13.6. The Morgan fingerprint density at radius 1 is 1.00 bits per heavy atom. The van der Waals surface area contributed by atoms with Gasteiger partial charge in [0.15, 0.2) is 0 Å². The third kappa shape index (κ3) is 3.22. The Morgan fingerprint density at radius 2 is 1.70 bits per heavy atom. The van der Waals surface area contributed by atoms with Gasteiger partial charge in [0.25, 0.3) is 0 Å². The van der Waals surface area contributed by atoms with Gasteiger partial charge in [-0.05, 0) is 36.4 Å². The van der Waals surface area contributed by atoms with Crippen molar-refractivity contribution >= 4 is 33.0 Å². The molecule has 2 aromatic rings. The van der Waals surface area contributed by atoms with Crippen LogP contribution in [-0.4, -0.2) is 0 Å². The summed E-state index contributed by atoms with van der Waals surface area (Å²) < 4.78 is 52.1. The normalized spacial score (nSPS) is 11.4. The van der Waals surface area contributed by atoms with E-state index in [9.17, 15) is 17.6 Å². The first kappa shape index (κ1) is 14.6. The Kier molecular flexibility index (Phi) is 3.89. The molecule has 0 unspecified atom stereocenters. The van der Waals surface area contributed by atoms with Gasteiger partial charge in [0.2, 0.25) is 0 Å². The lowest BCUT2D eigenvalue weighted by atomic mass is 10.1. The molecule has 2 rings (SSSR count). The predicted molar refractivity (Wildman–Crippen MR) is 73.2 cm³/mol. The van der Waals surface area contributed by atoms with Crippen molar-refractivity contribution in [3.8, 4) is 0 Å². The molecule has 106 valence electrons. The molecule has 3 N–H and O–H groups in total. The first-order valence-electron chi connectivity index (χ1n) is 5.46. The fourth-order valence-electron chi connectivity index (χ4n) is 1.59. The molecule has 0 saturated heterocycles. The molecule has 0 amide bonds. The van der Waals surface area contributed by atoms with Gasteiger partial charge in [-0.3, -0.25) is 0 Å². The Balaban J connectivity index is 2.38. The molecule has 7 heteroatoms. The molecule has 2 aromatic carbocycles. The zero-order chi connectivity index (χ0) is 14.9. The van der Waals surface area contributed by atoms with Gasteiger partial charge >= 0.3 is 6.18 Å². The van der Waals surface area contributed by atoms with E-state index in [0.717, 1.165) is 6.07 Å². The molecule has 0 aliphatic heterocycles. The average Bonchev–Trinajstić information content (AvgIpc) is 2.33. The zero-order valence-corrected chi connectivity index (χ0v) is 11.5. The average molecular weight is 349 g/mol. The first-order chi connectivity index (χ1) is 9.27. The van der Waals surface area contributed by atoms with Crippen LogP contribution in [0, 0.1) is 5.82 Å². The van der Waals surface area contributed by atoms with Gasteiger partial charge in [-0.15, -0.1) is 0 Å². The lowest BCUT2D eigenvalue weighted by Crippen LogP contribution is -2.06. The monoisotopic (exact) mass is 348 g/mol. The molecule has 0 atom stereocenters. The Hall–Kier alpha value is -1.76. The van der Waals surface area contributed by atoms with Crippen molar-refractivity contribution in [2.24, 2.45) is 0 Å². The van der Waals surface area contributed by atoms with Crippen LogP contribution in [0.4, 0.5) is 34.6 Å². The van der Waals surface area contributed by atoms with Gasteiger partial charge in [0.05, 0.1) is 22.6 Å². The van der Waals surface area contributed by atoms with Gasteiger partial charge in [-0.25, -0.2) is 4.39 Å². The lowest BCUT2D eigenvalue weighted by molar-refractivity contribution is -0.137. The third-order valence-corrected chi connectivity index (χ3v) is 3.07. The number of hydrogen-bond donors (Lipinski definition) is 2. The summed E-state index contributed by atoms with van der Waals surface area (Å²) in [6, 6.07) is 6.90. The number of halogens is 5. The van der Waals surface area contributed by atoms with Crippen LogP contribution in [0.3, 0.4) is 0 Å². The molecule has 0 aliphatic carbocycles. The third-order valence-electron chi connectivity index (χ3n) is 2.58. The van der Waals surface area contributed by atoms with E-state index in [1.165, 1.54) is 0 Å². The summed E-state index contributed by atoms with van der Waals surface area (Å²) in [5.41, 5.74) is 5.10. The molecule has 0 saturated carbocycles. The molecule has 20 heavy (non-hydrogen) atoms. The summed E-state index contributed by atoms with van der Waals surface area (Å²) in [6.07, 6.45) is -4.53. The van der Waals surface area contributed by atoms with E-state index in [2.05, 4.69) is 21.2 Å². The molecular formula is C13H9BrF4N2. The molecule has 2 nitrogen and oxygen atoms in total. The van der Waals surface area contributed by atoms with Crippen molar-refractivity contribution in [1.82, 2.24) is 0 Å². The Labute approximate surface area is 120 Å². The molecule has 0 radical (unpaired) electrons. The second kappa shape index (κ2) is 5.32. The summed E-state index contributed by atoms with van der Waals surface area (Å²) in [6.45, 7) is 0. The van der Waals surface area contributed by atoms with Crippen molar-refractivity contribution in [2.45, 2.75) is 6.18 Å². The number of benzene rings is 2. The van der Waals surface area contributed by atoms with Crippen LogP contribution >= 0.6 is 15.9 Å². The first-order valence-corrected chi connectivity index (χ1v) is 6.25. The molecule has 0 bridgehead atoms. The minimum atomic E-state index is -4.53.